The molecule has 31 heavy (non-hydrogen) atoms. The van der Waals surface area contributed by atoms with Crippen LogP contribution in [0, 0.1) is 0 Å². The van der Waals surface area contributed by atoms with Crippen molar-refractivity contribution in [1.29, 1.82) is 0 Å². The molecule has 158 valence electrons. The van der Waals surface area contributed by atoms with Gasteiger partial charge in [0.1, 0.15) is 17.4 Å². The molecule has 0 saturated heterocycles. The molecule has 0 bridgehead atoms. The first-order valence-electron chi connectivity index (χ1n) is 9.33. The summed E-state index contributed by atoms with van der Waals surface area (Å²) in [7, 11) is 2.89. The van der Waals surface area contributed by atoms with Gasteiger partial charge in [-0.25, -0.2) is 4.79 Å². The van der Waals surface area contributed by atoms with Gasteiger partial charge in [-0.2, -0.15) is 4.99 Å². The lowest BCUT2D eigenvalue weighted by molar-refractivity contribution is 0.0600. The summed E-state index contributed by atoms with van der Waals surface area (Å²) in [6.45, 7) is 0.830. The van der Waals surface area contributed by atoms with Gasteiger partial charge in [0, 0.05) is 13.7 Å². The number of esters is 1. The SMILES string of the molecule is COCCn1c(=NC(=O)c2coc3ccccc3c2=O)sc2cc(C(=O)OC)ccc21. The van der Waals surface area contributed by atoms with E-state index in [2.05, 4.69) is 4.99 Å². The van der Waals surface area contributed by atoms with Crippen LogP contribution < -0.4 is 10.2 Å². The molecule has 0 aliphatic rings. The van der Waals surface area contributed by atoms with Crippen molar-refractivity contribution in [2.45, 2.75) is 6.54 Å². The van der Waals surface area contributed by atoms with Crippen molar-refractivity contribution < 1.29 is 23.5 Å². The van der Waals surface area contributed by atoms with Gasteiger partial charge in [-0.3, -0.25) is 9.59 Å². The number of amides is 1. The first-order chi connectivity index (χ1) is 15.0. The number of ether oxygens (including phenoxy) is 2. The molecule has 0 N–H and O–H groups in total. The molecule has 2 heterocycles. The molecule has 1 amide bonds. The molecule has 4 aromatic rings. The van der Waals surface area contributed by atoms with E-state index in [1.807, 2.05) is 4.57 Å². The van der Waals surface area contributed by atoms with Crippen LogP contribution >= 0.6 is 11.3 Å². The molecule has 0 aliphatic heterocycles. The Balaban J connectivity index is 1.85. The maximum Gasteiger partial charge on any atom is 0.337 e. The molecule has 0 unspecified atom stereocenters. The van der Waals surface area contributed by atoms with Crippen LogP contribution in [0.4, 0.5) is 0 Å². The fourth-order valence-electron chi connectivity index (χ4n) is 3.17. The number of thiazole rings is 1. The molecule has 0 saturated carbocycles. The Morgan fingerprint density at radius 2 is 1.97 bits per heavy atom. The summed E-state index contributed by atoms with van der Waals surface area (Å²) in [5, 5.41) is 0.315. The van der Waals surface area contributed by atoms with Crippen LogP contribution in [0.15, 0.2) is 62.9 Å². The number of fused-ring (bicyclic) bond motifs is 2. The van der Waals surface area contributed by atoms with E-state index < -0.39 is 17.3 Å². The second-order valence-electron chi connectivity index (χ2n) is 6.59. The van der Waals surface area contributed by atoms with Gasteiger partial charge in [-0.1, -0.05) is 23.5 Å². The Bertz CT molecular complexity index is 1430. The fourth-order valence-corrected chi connectivity index (χ4v) is 4.27. The number of hydrogen-bond acceptors (Lipinski definition) is 7. The third-order valence-electron chi connectivity index (χ3n) is 4.73. The number of carbonyl (C=O) groups is 2. The zero-order valence-electron chi connectivity index (χ0n) is 16.8. The molecule has 0 atom stereocenters. The van der Waals surface area contributed by atoms with E-state index in [-0.39, 0.29) is 5.56 Å². The summed E-state index contributed by atoms with van der Waals surface area (Å²) in [5.41, 5.74) is 0.990. The molecule has 0 aliphatic carbocycles. The maximum absolute atomic E-state index is 12.9. The van der Waals surface area contributed by atoms with Crippen LogP contribution in [-0.4, -0.2) is 37.3 Å². The van der Waals surface area contributed by atoms with Gasteiger partial charge in [0.25, 0.3) is 5.91 Å². The molecule has 2 aromatic heterocycles. The first-order valence-corrected chi connectivity index (χ1v) is 10.2. The Morgan fingerprint density at radius 1 is 1.16 bits per heavy atom. The van der Waals surface area contributed by atoms with E-state index in [0.717, 1.165) is 16.5 Å². The van der Waals surface area contributed by atoms with Gasteiger partial charge < -0.3 is 18.5 Å². The summed E-state index contributed by atoms with van der Waals surface area (Å²) < 4.78 is 17.9. The number of nitrogens with zero attached hydrogens (tertiary/aromatic N) is 2. The van der Waals surface area contributed by atoms with Gasteiger partial charge >= 0.3 is 5.97 Å². The predicted octanol–water partition coefficient (Wildman–Crippen LogP) is 2.98. The zero-order valence-corrected chi connectivity index (χ0v) is 17.6. The highest BCUT2D eigenvalue weighted by atomic mass is 32.1. The number of carbonyl (C=O) groups excluding carboxylic acids is 2. The van der Waals surface area contributed by atoms with Crippen LogP contribution in [0.1, 0.15) is 20.7 Å². The van der Waals surface area contributed by atoms with Crippen molar-refractivity contribution in [1.82, 2.24) is 4.57 Å². The molecule has 4 rings (SSSR count). The van der Waals surface area contributed by atoms with Gasteiger partial charge in [-0.05, 0) is 30.3 Å². The van der Waals surface area contributed by atoms with Crippen LogP contribution in [0.25, 0.3) is 21.2 Å². The monoisotopic (exact) mass is 438 g/mol. The van der Waals surface area contributed by atoms with E-state index in [4.69, 9.17) is 13.9 Å². The predicted molar refractivity (Wildman–Crippen MR) is 115 cm³/mol. The molecule has 0 spiro atoms. The maximum atomic E-state index is 12.9. The van der Waals surface area contributed by atoms with Crippen molar-refractivity contribution in [2.24, 2.45) is 4.99 Å². The van der Waals surface area contributed by atoms with Crippen molar-refractivity contribution in [2.75, 3.05) is 20.8 Å². The topological polar surface area (TPSA) is 100 Å². The largest absolute Gasteiger partial charge is 0.465 e. The van der Waals surface area contributed by atoms with Gasteiger partial charge in [-0.15, -0.1) is 0 Å². The standard InChI is InChI=1S/C22H18N2O6S/c1-28-10-9-24-16-8-7-13(21(27)29-2)11-18(16)31-22(24)23-20(26)15-12-30-17-6-4-3-5-14(17)19(15)25/h3-8,11-12H,9-10H2,1-2H3. The van der Waals surface area contributed by atoms with Crippen molar-refractivity contribution in [3.63, 3.8) is 0 Å². The number of rotatable bonds is 5. The van der Waals surface area contributed by atoms with E-state index in [0.29, 0.717) is 34.5 Å². The summed E-state index contributed by atoms with van der Waals surface area (Å²) in [6.07, 6.45) is 1.14. The average Bonchev–Trinajstić information content (AvgIpc) is 3.13. The zero-order chi connectivity index (χ0) is 22.0. The fraction of sp³-hybridized carbons (Fsp3) is 0.182. The van der Waals surface area contributed by atoms with E-state index in [1.54, 1.807) is 49.6 Å². The van der Waals surface area contributed by atoms with Crippen LogP contribution in [0.3, 0.4) is 0 Å². The van der Waals surface area contributed by atoms with Crippen LogP contribution in [-0.2, 0) is 16.0 Å². The van der Waals surface area contributed by atoms with E-state index in [9.17, 15) is 14.4 Å². The smallest absolute Gasteiger partial charge is 0.337 e. The lowest BCUT2D eigenvalue weighted by Crippen LogP contribution is -2.21. The van der Waals surface area contributed by atoms with Crippen molar-refractivity contribution in [3.05, 3.63) is 74.9 Å². The summed E-state index contributed by atoms with van der Waals surface area (Å²) in [6, 6.07) is 11.8. The lowest BCUT2D eigenvalue weighted by atomic mass is 10.2. The average molecular weight is 438 g/mol. The highest BCUT2D eigenvalue weighted by Gasteiger charge is 2.16. The van der Waals surface area contributed by atoms with E-state index in [1.165, 1.54) is 18.4 Å². The molecular formula is C22H18N2O6S. The van der Waals surface area contributed by atoms with E-state index >= 15 is 0 Å². The first kappa shape index (κ1) is 20.7. The van der Waals surface area contributed by atoms with Gasteiger partial charge in [0.05, 0.1) is 34.9 Å². The number of aromatic nitrogens is 1. The molecule has 0 radical (unpaired) electrons. The highest BCUT2D eigenvalue weighted by molar-refractivity contribution is 7.16. The summed E-state index contributed by atoms with van der Waals surface area (Å²) >= 11 is 1.23. The minimum atomic E-state index is -0.703. The number of hydrogen-bond donors (Lipinski definition) is 0. The minimum absolute atomic E-state index is 0.148. The summed E-state index contributed by atoms with van der Waals surface area (Å²) in [5.74, 6) is -1.16. The van der Waals surface area contributed by atoms with Crippen LogP contribution in [0.2, 0.25) is 0 Å². The Morgan fingerprint density at radius 3 is 2.74 bits per heavy atom. The molecule has 9 heteroatoms. The Labute approximate surface area is 180 Å². The molecular weight excluding hydrogens is 420 g/mol. The van der Waals surface area contributed by atoms with Crippen molar-refractivity contribution >= 4 is 44.4 Å². The normalized spacial score (nSPS) is 11.9. The quantitative estimate of drug-likeness (QED) is 0.444. The number of methoxy groups -OCH3 is 2. The third-order valence-corrected chi connectivity index (χ3v) is 5.77. The number of para-hydroxylation sites is 1. The number of benzene rings is 2. The van der Waals surface area contributed by atoms with Gasteiger partial charge in [0.2, 0.25) is 5.43 Å². The third kappa shape index (κ3) is 3.92. The highest BCUT2D eigenvalue weighted by Crippen LogP contribution is 2.20. The molecule has 8 nitrogen and oxygen atoms in total. The minimum Gasteiger partial charge on any atom is -0.465 e. The molecule has 2 aromatic carbocycles. The second kappa shape index (κ2) is 8.66. The molecule has 0 fully saturated rings. The van der Waals surface area contributed by atoms with Crippen LogP contribution in [0.5, 0.6) is 0 Å². The Kier molecular flexibility index (Phi) is 5.79. The summed E-state index contributed by atoms with van der Waals surface area (Å²) in [4.78, 5) is 42.0. The second-order valence-corrected chi connectivity index (χ2v) is 7.60. The Hall–Kier alpha value is -3.56. The van der Waals surface area contributed by atoms with Gasteiger partial charge in [0.15, 0.2) is 4.80 Å². The van der Waals surface area contributed by atoms with Crippen molar-refractivity contribution in [3.8, 4) is 0 Å². The lowest BCUT2D eigenvalue weighted by Gasteiger charge is -2.05.